The summed E-state index contributed by atoms with van der Waals surface area (Å²) in [5, 5.41) is 11.7. The molecule has 0 saturated carbocycles. The molecule has 15 heavy (non-hydrogen) atoms. The van der Waals surface area contributed by atoms with E-state index in [2.05, 4.69) is 0 Å². The van der Waals surface area contributed by atoms with Crippen LogP contribution in [0.5, 0.6) is 0 Å². The van der Waals surface area contributed by atoms with Crippen molar-refractivity contribution < 1.29 is 9.48 Å². The Labute approximate surface area is 88.9 Å². The molecule has 0 radical (unpaired) electrons. The molecule has 0 atom stereocenters. The predicted octanol–water partition coefficient (Wildman–Crippen LogP) is 2.27. The molecule has 0 spiro atoms. The van der Waals surface area contributed by atoms with Gasteiger partial charge in [0.1, 0.15) is 0 Å². The van der Waals surface area contributed by atoms with E-state index in [-0.39, 0.29) is 0 Å². The Morgan fingerprint density at radius 2 is 2.07 bits per heavy atom. The Morgan fingerprint density at radius 3 is 2.73 bits per heavy atom. The topological polar surface area (TPSA) is 35.3 Å². The van der Waals surface area contributed by atoms with E-state index in [0.29, 0.717) is 12.3 Å². The van der Waals surface area contributed by atoms with Crippen molar-refractivity contribution in [1.82, 2.24) is 0 Å². The van der Waals surface area contributed by atoms with E-state index in [0.717, 1.165) is 23.1 Å². The number of hydrogen-bond acceptors (Lipinski definition) is 2. The van der Waals surface area contributed by atoms with Crippen molar-refractivity contribution in [1.29, 1.82) is 0 Å². The lowest BCUT2D eigenvalue weighted by atomic mass is 10.2. The van der Waals surface area contributed by atoms with Crippen molar-refractivity contribution in [2.75, 3.05) is 6.61 Å². The van der Waals surface area contributed by atoms with Crippen molar-refractivity contribution in [2.24, 2.45) is 0 Å². The minimum absolute atomic E-state index is 0.685. The van der Waals surface area contributed by atoms with E-state index in [1.807, 2.05) is 30.3 Å². The van der Waals surface area contributed by atoms with Gasteiger partial charge in [0, 0.05) is 12.0 Å². The van der Waals surface area contributed by atoms with Gasteiger partial charge in [-0.2, -0.15) is 4.74 Å². The van der Waals surface area contributed by atoms with Crippen molar-refractivity contribution in [3.8, 4) is 0 Å². The molecule has 1 aromatic carbocycles. The summed E-state index contributed by atoms with van der Waals surface area (Å²) in [6, 6.07) is 9.54. The van der Waals surface area contributed by atoms with Crippen LogP contribution in [-0.4, -0.2) is 17.6 Å². The first-order valence-electron chi connectivity index (χ1n) is 5.03. The smallest absolute Gasteiger partial charge is 0.227 e. The molecular formula is C12H13NO2. The average Bonchev–Trinajstić information content (AvgIpc) is 2.31. The second kappa shape index (κ2) is 4.64. The monoisotopic (exact) mass is 203 g/mol. The van der Waals surface area contributed by atoms with Crippen LogP contribution in [0.3, 0.4) is 0 Å². The van der Waals surface area contributed by atoms with E-state index >= 15 is 0 Å². The lowest BCUT2D eigenvalue weighted by molar-refractivity contribution is -0.402. The van der Waals surface area contributed by atoms with Crippen molar-refractivity contribution in [3.63, 3.8) is 0 Å². The van der Waals surface area contributed by atoms with Gasteiger partial charge in [-0.05, 0) is 18.6 Å². The second-order valence-electron chi connectivity index (χ2n) is 3.45. The largest absolute Gasteiger partial charge is 0.618 e. The molecule has 0 amide bonds. The maximum absolute atomic E-state index is 11.7. The average molecular weight is 203 g/mol. The van der Waals surface area contributed by atoms with Gasteiger partial charge in [-0.1, -0.05) is 18.2 Å². The molecule has 0 bridgehead atoms. The van der Waals surface area contributed by atoms with Crippen molar-refractivity contribution >= 4 is 6.21 Å². The number of hydrogen-bond donors (Lipinski definition) is 0. The summed E-state index contributed by atoms with van der Waals surface area (Å²) in [5.41, 5.74) is 1.59. The number of allylic oxidation sites excluding steroid dienone is 1. The standard InChI is InChI=1S/C12H13NO2/c14-13(12-7-4-8-15-10-12)9-11-5-2-1-3-6-11/h1-3,5-6,9-10H,4,7-8H2/b13-9-. The summed E-state index contributed by atoms with van der Waals surface area (Å²) in [6.07, 6.45) is 4.82. The van der Waals surface area contributed by atoms with Crippen molar-refractivity contribution in [3.05, 3.63) is 53.1 Å². The first kappa shape index (κ1) is 9.77. The molecule has 3 heteroatoms. The maximum atomic E-state index is 11.7. The summed E-state index contributed by atoms with van der Waals surface area (Å²) < 4.78 is 6.00. The number of benzene rings is 1. The molecule has 0 saturated heterocycles. The van der Waals surface area contributed by atoms with Gasteiger partial charge in [0.25, 0.3) is 0 Å². The molecular weight excluding hydrogens is 190 g/mol. The zero-order valence-electron chi connectivity index (χ0n) is 8.43. The molecule has 0 aliphatic carbocycles. The van der Waals surface area contributed by atoms with Crippen LogP contribution < -0.4 is 0 Å². The van der Waals surface area contributed by atoms with Crippen LogP contribution in [0, 0.1) is 5.21 Å². The number of ether oxygens (including phenoxy) is 1. The highest BCUT2D eigenvalue weighted by molar-refractivity contribution is 5.75. The SMILES string of the molecule is [O-]/[N+](=C\c1ccccc1)C1=COCCC1. The molecule has 78 valence electrons. The van der Waals surface area contributed by atoms with E-state index < -0.39 is 0 Å². The number of hydroxylamine groups is 1. The molecule has 1 aliphatic rings. The maximum Gasteiger partial charge on any atom is 0.227 e. The van der Waals surface area contributed by atoms with Crippen molar-refractivity contribution in [2.45, 2.75) is 12.8 Å². The van der Waals surface area contributed by atoms with Crippen LogP contribution in [-0.2, 0) is 4.74 Å². The van der Waals surface area contributed by atoms with E-state index in [1.54, 1.807) is 12.5 Å². The fourth-order valence-corrected chi connectivity index (χ4v) is 1.47. The van der Waals surface area contributed by atoms with Gasteiger partial charge >= 0.3 is 0 Å². The third-order valence-corrected chi connectivity index (χ3v) is 2.26. The minimum Gasteiger partial charge on any atom is -0.618 e. The van der Waals surface area contributed by atoms with Crippen LogP contribution in [0.4, 0.5) is 0 Å². The first-order chi connectivity index (χ1) is 7.36. The zero-order valence-corrected chi connectivity index (χ0v) is 8.43. The van der Waals surface area contributed by atoms with E-state index in [1.165, 1.54) is 0 Å². The van der Waals surface area contributed by atoms with Crippen LogP contribution in [0.15, 0.2) is 42.3 Å². The molecule has 0 fully saturated rings. The summed E-state index contributed by atoms with van der Waals surface area (Å²) in [7, 11) is 0. The highest BCUT2D eigenvalue weighted by atomic mass is 16.5. The highest BCUT2D eigenvalue weighted by Gasteiger charge is 2.11. The van der Waals surface area contributed by atoms with Gasteiger partial charge in [-0.3, -0.25) is 0 Å². The Balaban J connectivity index is 2.16. The summed E-state index contributed by atoms with van der Waals surface area (Å²) in [6.45, 7) is 0.711. The first-order valence-corrected chi connectivity index (χ1v) is 5.03. The molecule has 2 rings (SSSR count). The van der Waals surface area contributed by atoms with E-state index in [9.17, 15) is 5.21 Å². The molecule has 1 aliphatic heterocycles. The lowest BCUT2D eigenvalue weighted by Gasteiger charge is -2.12. The van der Waals surface area contributed by atoms with Crippen LogP contribution in [0.2, 0.25) is 0 Å². The molecule has 1 aromatic rings. The lowest BCUT2D eigenvalue weighted by Crippen LogP contribution is -2.10. The third-order valence-electron chi connectivity index (χ3n) is 2.26. The molecule has 1 heterocycles. The predicted molar refractivity (Wildman–Crippen MR) is 58.5 cm³/mol. The molecule has 3 nitrogen and oxygen atoms in total. The van der Waals surface area contributed by atoms with Crippen LogP contribution >= 0.6 is 0 Å². The van der Waals surface area contributed by atoms with Crippen LogP contribution in [0.1, 0.15) is 18.4 Å². The minimum atomic E-state index is 0.685. The van der Waals surface area contributed by atoms with Gasteiger partial charge in [0.2, 0.25) is 5.70 Å². The molecule has 0 aromatic heterocycles. The Kier molecular flexibility index (Phi) is 3.02. The Hall–Kier alpha value is -1.77. The number of nitrogens with zero attached hydrogens (tertiary/aromatic N) is 1. The highest BCUT2D eigenvalue weighted by Crippen LogP contribution is 2.12. The Bertz CT molecular complexity index is 382. The molecule has 0 unspecified atom stereocenters. The normalized spacial score (nSPS) is 16.8. The van der Waals surface area contributed by atoms with Gasteiger partial charge in [0.05, 0.1) is 6.61 Å². The molecule has 0 N–H and O–H groups in total. The summed E-state index contributed by atoms with van der Waals surface area (Å²) in [4.78, 5) is 0. The Morgan fingerprint density at radius 1 is 1.27 bits per heavy atom. The van der Waals surface area contributed by atoms with E-state index in [4.69, 9.17) is 4.74 Å². The fraction of sp³-hybridized carbons (Fsp3) is 0.250. The van der Waals surface area contributed by atoms with Gasteiger partial charge < -0.3 is 9.94 Å². The number of rotatable bonds is 2. The second-order valence-corrected chi connectivity index (χ2v) is 3.45. The summed E-state index contributed by atoms with van der Waals surface area (Å²) in [5.74, 6) is 0. The van der Waals surface area contributed by atoms with Crippen LogP contribution in [0.25, 0.3) is 0 Å². The third kappa shape index (κ3) is 2.59. The van der Waals surface area contributed by atoms with Gasteiger partial charge in [-0.15, -0.1) is 0 Å². The quantitative estimate of drug-likeness (QED) is 0.320. The van der Waals surface area contributed by atoms with Gasteiger partial charge in [0.15, 0.2) is 12.5 Å². The zero-order chi connectivity index (χ0) is 10.5. The fourth-order valence-electron chi connectivity index (χ4n) is 1.47. The summed E-state index contributed by atoms with van der Waals surface area (Å²) >= 11 is 0. The van der Waals surface area contributed by atoms with Gasteiger partial charge in [-0.25, -0.2) is 0 Å².